The van der Waals surface area contributed by atoms with Gasteiger partial charge in [0.05, 0.1) is 11.8 Å². The fraction of sp³-hybridized carbons (Fsp3) is 0.348. The van der Waals surface area contributed by atoms with Gasteiger partial charge in [-0.05, 0) is 49.9 Å². The quantitative estimate of drug-likeness (QED) is 0.398. The number of furan rings is 1. The summed E-state index contributed by atoms with van der Waals surface area (Å²) in [5.41, 5.74) is 2.79. The number of likely N-dealkylation sites (tertiary alicyclic amines) is 1. The second-order valence-electron chi connectivity index (χ2n) is 7.44. The molecule has 30 heavy (non-hydrogen) atoms. The highest BCUT2D eigenvalue weighted by molar-refractivity contribution is 7.98. The molecule has 0 aliphatic carbocycles. The maximum Gasteiger partial charge on any atom is 0.253 e. The van der Waals surface area contributed by atoms with E-state index in [-0.39, 0.29) is 5.91 Å². The van der Waals surface area contributed by atoms with E-state index < -0.39 is 0 Å². The van der Waals surface area contributed by atoms with Gasteiger partial charge in [-0.1, -0.05) is 30.0 Å². The summed E-state index contributed by atoms with van der Waals surface area (Å²) in [5.74, 6) is 2.43. The average Bonchev–Trinajstić information content (AvgIpc) is 3.38. The number of thioether (sulfide) groups is 1. The van der Waals surface area contributed by atoms with Gasteiger partial charge in [0.2, 0.25) is 0 Å². The molecule has 156 valence electrons. The van der Waals surface area contributed by atoms with Crippen LogP contribution in [0.1, 0.15) is 40.9 Å². The van der Waals surface area contributed by atoms with Crippen LogP contribution in [0, 0.1) is 6.92 Å². The maximum atomic E-state index is 12.8. The van der Waals surface area contributed by atoms with E-state index in [4.69, 9.17) is 4.42 Å². The zero-order chi connectivity index (χ0) is 20.9. The summed E-state index contributed by atoms with van der Waals surface area (Å²) in [4.78, 5) is 14.8. The Bertz CT molecular complexity index is 1030. The molecular formula is C23H26N4O2S. The van der Waals surface area contributed by atoms with Crippen molar-refractivity contribution >= 4 is 17.7 Å². The molecule has 7 heteroatoms. The van der Waals surface area contributed by atoms with Crippen LogP contribution in [0.5, 0.6) is 0 Å². The summed E-state index contributed by atoms with van der Waals surface area (Å²) in [6.07, 6.45) is 6.91. The van der Waals surface area contributed by atoms with Crippen molar-refractivity contribution in [2.75, 3.05) is 13.1 Å². The van der Waals surface area contributed by atoms with Crippen LogP contribution in [0.15, 0.2) is 58.8 Å². The fourth-order valence-electron chi connectivity index (χ4n) is 3.73. The van der Waals surface area contributed by atoms with Gasteiger partial charge in [-0.15, -0.1) is 16.8 Å². The molecule has 1 aliphatic rings. The standard InChI is InChI=1S/C23H26N4O2S/c1-3-11-27-21(20-10-14-29-17(20)2)24-25-23(27)30-16-18-8-7-9-19(15-18)22(28)26-12-5-4-6-13-26/h3,7-10,14-15H,1,4-6,11-13,16H2,2H3. The number of amides is 1. The Morgan fingerprint density at radius 1 is 1.23 bits per heavy atom. The zero-order valence-electron chi connectivity index (χ0n) is 17.2. The Morgan fingerprint density at radius 3 is 2.80 bits per heavy atom. The molecule has 3 aromatic rings. The van der Waals surface area contributed by atoms with Crippen LogP contribution in [0.4, 0.5) is 0 Å². The summed E-state index contributed by atoms with van der Waals surface area (Å²) in [7, 11) is 0. The Morgan fingerprint density at radius 2 is 2.07 bits per heavy atom. The first-order valence-corrected chi connectivity index (χ1v) is 11.3. The van der Waals surface area contributed by atoms with Gasteiger partial charge in [-0.3, -0.25) is 9.36 Å². The van der Waals surface area contributed by atoms with E-state index in [1.165, 1.54) is 6.42 Å². The molecule has 0 saturated carbocycles. The topological polar surface area (TPSA) is 64.2 Å². The van der Waals surface area contributed by atoms with Crippen molar-refractivity contribution in [2.45, 2.75) is 43.6 Å². The monoisotopic (exact) mass is 422 g/mol. The first-order chi connectivity index (χ1) is 14.7. The molecule has 1 aromatic carbocycles. The van der Waals surface area contributed by atoms with E-state index in [0.717, 1.165) is 59.4 Å². The molecule has 0 bridgehead atoms. The number of piperidine rings is 1. The lowest BCUT2D eigenvalue weighted by molar-refractivity contribution is 0.0724. The lowest BCUT2D eigenvalue weighted by Crippen LogP contribution is -2.35. The van der Waals surface area contributed by atoms with E-state index in [2.05, 4.69) is 22.8 Å². The number of rotatable bonds is 7. The van der Waals surface area contributed by atoms with Crippen LogP contribution in [-0.4, -0.2) is 38.7 Å². The highest BCUT2D eigenvalue weighted by atomic mass is 32.2. The second-order valence-corrected chi connectivity index (χ2v) is 8.38. The smallest absolute Gasteiger partial charge is 0.253 e. The van der Waals surface area contributed by atoms with Crippen LogP contribution >= 0.6 is 11.8 Å². The Labute approximate surface area is 181 Å². The molecule has 1 saturated heterocycles. The normalized spacial score (nSPS) is 14.1. The van der Waals surface area contributed by atoms with Crippen molar-refractivity contribution in [3.63, 3.8) is 0 Å². The number of hydrogen-bond donors (Lipinski definition) is 0. The summed E-state index contributed by atoms with van der Waals surface area (Å²) in [6, 6.07) is 9.82. The van der Waals surface area contributed by atoms with Crippen molar-refractivity contribution in [1.82, 2.24) is 19.7 Å². The Hall–Kier alpha value is -2.80. The van der Waals surface area contributed by atoms with Gasteiger partial charge < -0.3 is 9.32 Å². The molecule has 0 spiro atoms. The minimum Gasteiger partial charge on any atom is -0.469 e. The SMILES string of the molecule is C=CCn1c(SCc2cccc(C(=O)N3CCCCC3)c2)nnc1-c1ccoc1C. The number of allylic oxidation sites excluding steroid dienone is 1. The molecule has 1 aliphatic heterocycles. The predicted molar refractivity (Wildman–Crippen MR) is 118 cm³/mol. The molecule has 0 unspecified atom stereocenters. The second kappa shape index (κ2) is 9.34. The highest BCUT2D eigenvalue weighted by Crippen LogP contribution is 2.29. The number of hydrogen-bond acceptors (Lipinski definition) is 5. The third-order valence-corrected chi connectivity index (χ3v) is 6.35. The van der Waals surface area contributed by atoms with Crippen LogP contribution in [0.3, 0.4) is 0 Å². The number of carbonyl (C=O) groups is 1. The molecule has 3 heterocycles. The zero-order valence-corrected chi connectivity index (χ0v) is 18.0. The summed E-state index contributed by atoms with van der Waals surface area (Å²) < 4.78 is 7.47. The molecule has 0 radical (unpaired) electrons. The minimum atomic E-state index is 0.133. The van der Waals surface area contributed by atoms with Crippen molar-refractivity contribution < 1.29 is 9.21 Å². The van der Waals surface area contributed by atoms with Gasteiger partial charge in [0.1, 0.15) is 5.76 Å². The number of benzene rings is 1. The lowest BCUT2D eigenvalue weighted by atomic mass is 10.1. The minimum absolute atomic E-state index is 0.133. The third-order valence-electron chi connectivity index (χ3n) is 5.31. The number of aromatic nitrogens is 3. The molecular weight excluding hydrogens is 396 g/mol. The Balaban J connectivity index is 1.50. The molecule has 2 aromatic heterocycles. The fourth-order valence-corrected chi connectivity index (χ4v) is 4.62. The molecule has 1 amide bonds. The van der Waals surface area contributed by atoms with Crippen molar-refractivity contribution in [3.05, 3.63) is 66.1 Å². The summed E-state index contributed by atoms with van der Waals surface area (Å²) >= 11 is 1.61. The summed E-state index contributed by atoms with van der Waals surface area (Å²) in [6.45, 7) is 8.11. The van der Waals surface area contributed by atoms with E-state index in [0.29, 0.717) is 12.3 Å². The van der Waals surface area contributed by atoms with Gasteiger partial charge in [-0.25, -0.2) is 0 Å². The number of carbonyl (C=O) groups excluding carboxylic acids is 1. The van der Waals surface area contributed by atoms with E-state index >= 15 is 0 Å². The molecule has 4 rings (SSSR count). The maximum absolute atomic E-state index is 12.8. The van der Waals surface area contributed by atoms with Gasteiger partial charge >= 0.3 is 0 Å². The van der Waals surface area contributed by atoms with E-state index in [1.54, 1.807) is 18.0 Å². The van der Waals surface area contributed by atoms with Gasteiger partial charge in [0.15, 0.2) is 11.0 Å². The highest BCUT2D eigenvalue weighted by Gasteiger charge is 2.19. The molecule has 6 nitrogen and oxygen atoms in total. The van der Waals surface area contributed by atoms with Crippen molar-refractivity contribution in [3.8, 4) is 11.4 Å². The van der Waals surface area contributed by atoms with Crippen LogP contribution in [0.2, 0.25) is 0 Å². The first kappa shape index (κ1) is 20.5. The van der Waals surface area contributed by atoms with Gasteiger partial charge in [-0.2, -0.15) is 0 Å². The average molecular weight is 423 g/mol. The lowest BCUT2D eigenvalue weighted by Gasteiger charge is -2.26. The van der Waals surface area contributed by atoms with Crippen LogP contribution in [0.25, 0.3) is 11.4 Å². The Kier molecular flexibility index (Phi) is 6.38. The first-order valence-electron chi connectivity index (χ1n) is 10.3. The van der Waals surface area contributed by atoms with Crippen molar-refractivity contribution in [2.24, 2.45) is 0 Å². The van der Waals surface area contributed by atoms with E-state index in [9.17, 15) is 4.79 Å². The third kappa shape index (κ3) is 4.36. The number of nitrogens with zero attached hydrogens (tertiary/aromatic N) is 4. The molecule has 0 atom stereocenters. The van der Waals surface area contributed by atoms with Gasteiger partial charge in [0, 0.05) is 31.0 Å². The predicted octanol–water partition coefficient (Wildman–Crippen LogP) is 4.95. The largest absolute Gasteiger partial charge is 0.469 e. The van der Waals surface area contributed by atoms with E-state index in [1.807, 2.05) is 46.7 Å². The van der Waals surface area contributed by atoms with Crippen molar-refractivity contribution in [1.29, 1.82) is 0 Å². The van der Waals surface area contributed by atoms with Gasteiger partial charge in [0.25, 0.3) is 5.91 Å². The summed E-state index contributed by atoms with van der Waals surface area (Å²) in [5, 5.41) is 9.59. The van der Waals surface area contributed by atoms with Crippen LogP contribution in [-0.2, 0) is 12.3 Å². The van der Waals surface area contributed by atoms with Crippen LogP contribution < -0.4 is 0 Å². The number of aryl methyl sites for hydroxylation is 1. The molecule has 0 N–H and O–H groups in total. The molecule has 1 fully saturated rings.